The molecule has 0 saturated carbocycles. The minimum Gasteiger partial charge on any atom is -0.379 e. The number of carbonyl (C=O) groups excluding carboxylic acids is 1. The van der Waals surface area contributed by atoms with E-state index in [1.165, 1.54) is 40.8 Å². The number of anilines is 2. The maximum absolute atomic E-state index is 13.0. The zero-order valence-electron chi connectivity index (χ0n) is 17.4. The highest BCUT2D eigenvalue weighted by Gasteiger charge is 2.11. The Labute approximate surface area is 194 Å². The van der Waals surface area contributed by atoms with Crippen LogP contribution in [0.25, 0.3) is 0 Å². The van der Waals surface area contributed by atoms with E-state index in [2.05, 4.69) is 25.7 Å². The SMILES string of the molecule is O=C(CSc1nnc(NCc2ccc(F)cc2)s1)Nc1ccc(CN2CCOCC2)cc1. The number of benzene rings is 2. The van der Waals surface area contributed by atoms with Crippen LogP contribution in [0.2, 0.25) is 0 Å². The molecule has 0 spiro atoms. The second kappa shape index (κ2) is 11.4. The molecule has 1 aromatic heterocycles. The Hall–Kier alpha value is -2.53. The average molecular weight is 474 g/mol. The van der Waals surface area contributed by atoms with Crippen molar-refractivity contribution in [2.24, 2.45) is 0 Å². The molecule has 0 radical (unpaired) electrons. The average Bonchev–Trinajstić information content (AvgIpc) is 3.27. The van der Waals surface area contributed by atoms with Gasteiger partial charge in [-0.25, -0.2) is 4.39 Å². The van der Waals surface area contributed by atoms with Gasteiger partial charge in [0.25, 0.3) is 0 Å². The first kappa shape index (κ1) is 22.7. The van der Waals surface area contributed by atoms with Crippen molar-refractivity contribution >= 4 is 39.8 Å². The molecule has 7 nitrogen and oxygen atoms in total. The number of amides is 1. The molecule has 1 aliphatic heterocycles. The van der Waals surface area contributed by atoms with Crippen LogP contribution in [-0.2, 0) is 22.6 Å². The number of nitrogens with one attached hydrogen (secondary N) is 2. The van der Waals surface area contributed by atoms with E-state index < -0.39 is 0 Å². The van der Waals surface area contributed by atoms with Crippen LogP contribution in [0, 0.1) is 5.82 Å². The molecule has 4 rings (SSSR count). The molecular weight excluding hydrogens is 449 g/mol. The highest BCUT2D eigenvalue weighted by Crippen LogP contribution is 2.26. The summed E-state index contributed by atoms with van der Waals surface area (Å²) in [6, 6.07) is 14.2. The number of morpholine rings is 1. The number of thioether (sulfide) groups is 1. The van der Waals surface area contributed by atoms with E-state index in [0.29, 0.717) is 16.0 Å². The Morgan fingerprint density at radius 3 is 2.53 bits per heavy atom. The van der Waals surface area contributed by atoms with Gasteiger partial charge in [-0.05, 0) is 35.4 Å². The lowest BCUT2D eigenvalue weighted by atomic mass is 10.2. The smallest absolute Gasteiger partial charge is 0.234 e. The van der Waals surface area contributed by atoms with Crippen LogP contribution < -0.4 is 10.6 Å². The van der Waals surface area contributed by atoms with Gasteiger partial charge in [-0.15, -0.1) is 10.2 Å². The number of carbonyl (C=O) groups is 1. The third-order valence-corrected chi connectivity index (χ3v) is 6.85. The van der Waals surface area contributed by atoms with E-state index in [0.717, 1.165) is 44.1 Å². The summed E-state index contributed by atoms with van der Waals surface area (Å²) in [4.78, 5) is 14.6. The van der Waals surface area contributed by atoms with Crippen LogP contribution in [0.15, 0.2) is 52.9 Å². The van der Waals surface area contributed by atoms with E-state index in [-0.39, 0.29) is 17.5 Å². The van der Waals surface area contributed by atoms with Crippen LogP contribution in [0.4, 0.5) is 15.2 Å². The minimum absolute atomic E-state index is 0.0908. The molecule has 3 aromatic rings. The molecule has 2 N–H and O–H groups in total. The lowest BCUT2D eigenvalue weighted by molar-refractivity contribution is -0.113. The molecule has 168 valence electrons. The third-order valence-electron chi connectivity index (χ3n) is 4.84. The van der Waals surface area contributed by atoms with Gasteiger partial charge in [0.15, 0.2) is 4.34 Å². The Kier molecular flexibility index (Phi) is 8.05. The summed E-state index contributed by atoms with van der Waals surface area (Å²) in [7, 11) is 0. The molecule has 1 aliphatic rings. The summed E-state index contributed by atoms with van der Waals surface area (Å²) < 4.78 is 19.1. The fourth-order valence-electron chi connectivity index (χ4n) is 3.15. The number of hydrogen-bond acceptors (Lipinski definition) is 8. The Balaban J connectivity index is 1.19. The first-order valence-electron chi connectivity index (χ1n) is 10.3. The Morgan fingerprint density at radius 2 is 1.78 bits per heavy atom. The highest BCUT2D eigenvalue weighted by molar-refractivity contribution is 8.01. The number of hydrogen-bond donors (Lipinski definition) is 2. The second-order valence-corrected chi connectivity index (χ2v) is 9.48. The molecule has 1 amide bonds. The topological polar surface area (TPSA) is 79.4 Å². The lowest BCUT2D eigenvalue weighted by Crippen LogP contribution is -2.35. The molecular formula is C22H24FN5O2S2. The summed E-state index contributed by atoms with van der Waals surface area (Å²) in [5.74, 6) is -0.0974. The molecule has 2 aromatic carbocycles. The number of aromatic nitrogens is 2. The molecule has 1 fully saturated rings. The molecule has 32 heavy (non-hydrogen) atoms. The third kappa shape index (κ3) is 6.99. The standard InChI is InChI=1S/C22H24FN5O2S2/c23-18-5-1-16(2-6-18)13-24-21-26-27-22(32-21)31-15-20(29)25-19-7-3-17(4-8-19)14-28-9-11-30-12-10-28/h1-8H,9-15H2,(H,24,26)(H,25,29). The van der Waals surface area contributed by atoms with Crippen molar-refractivity contribution in [2.75, 3.05) is 42.7 Å². The molecule has 2 heterocycles. The van der Waals surface area contributed by atoms with E-state index in [9.17, 15) is 9.18 Å². The van der Waals surface area contributed by atoms with Crippen LogP contribution in [0.5, 0.6) is 0 Å². The van der Waals surface area contributed by atoms with Gasteiger partial charge in [0.05, 0.1) is 19.0 Å². The minimum atomic E-state index is -0.259. The molecule has 10 heteroatoms. The second-order valence-electron chi connectivity index (χ2n) is 7.28. The van der Waals surface area contributed by atoms with Crippen molar-refractivity contribution in [3.63, 3.8) is 0 Å². The van der Waals surface area contributed by atoms with Crippen molar-refractivity contribution in [1.82, 2.24) is 15.1 Å². The van der Waals surface area contributed by atoms with Crippen LogP contribution >= 0.6 is 23.1 Å². The summed E-state index contributed by atoms with van der Waals surface area (Å²) in [5, 5.41) is 14.9. The quantitative estimate of drug-likeness (QED) is 0.457. The molecule has 0 atom stereocenters. The van der Waals surface area contributed by atoms with Crippen molar-refractivity contribution in [3.8, 4) is 0 Å². The zero-order valence-corrected chi connectivity index (χ0v) is 19.1. The van der Waals surface area contributed by atoms with Crippen LogP contribution in [0.3, 0.4) is 0 Å². The first-order chi connectivity index (χ1) is 15.6. The van der Waals surface area contributed by atoms with E-state index in [1.54, 1.807) is 12.1 Å². The van der Waals surface area contributed by atoms with Gasteiger partial charge in [0, 0.05) is 31.9 Å². The number of halogens is 1. The van der Waals surface area contributed by atoms with E-state index in [4.69, 9.17) is 4.74 Å². The summed E-state index contributed by atoms with van der Waals surface area (Å²) in [6.07, 6.45) is 0. The van der Waals surface area contributed by atoms with Gasteiger partial charge in [0.1, 0.15) is 5.82 Å². The van der Waals surface area contributed by atoms with Gasteiger partial charge < -0.3 is 15.4 Å². The number of ether oxygens (including phenoxy) is 1. The zero-order chi connectivity index (χ0) is 22.2. The van der Waals surface area contributed by atoms with Crippen molar-refractivity contribution in [1.29, 1.82) is 0 Å². The van der Waals surface area contributed by atoms with Crippen LogP contribution in [-0.4, -0.2) is 53.1 Å². The predicted octanol–water partition coefficient (Wildman–Crippen LogP) is 3.85. The largest absolute Gasteiger partial charge is 0.379 e. The monoisotopic (exact) mass is 473 g/mol. The number of rotatable bonds is 9. The Bertz CT molecular complexity index is 1010. The van der Waals surface area contributed by atoms with E-state index >= 15 is 0 Å². The van der Waals surface area contributed by atoms with Gasteiger partial charge >= 0.3 is 0 Å². The Morgan fingerprint density at radius 1 is 1.06 bits per heavy atom. The van der Waals surface area contributed by atoms with Crippen molar-refractivity contribution in [3.05, 3.63) is 65.5 Å². The number of nitrogens with zero attached hydrogens (tertiary/aromatic N) is 3. The summed E-state index contributed by atoms with van der Waals surface area (Å²) in [5.41, 5.74) is 2.94. The van der Waals surface area contributed by atoms with Gasteiger partial charge in [-0.1, -0.05) is 47.4 Å². The lowest BCUT2D eigenvalue weighted by Gasteiger charge is -2.26. The molecule has 0 unspecified atom stereocenters. The summed E-state index contributed by atoms with van der Waals surface area (Å²) >= 11 is 2.73. The normalized spacial score (nSPS) is 14.3. The van der Waals surface area contributed by atoms with Gasteiger partial charge in [0.2, 0.25) is 11.0 Å². The predicted molar refractivity (Wildman–Crippen MR) is 126 cm³/mol. The maximum atomic E-state index is 13.0. The highest BCUT2D eigenvalue weighted by atomic mass is 32.2. The van der Waals surface area contributed by atoms with Gasteiger partial charge in [-0.2, -0.15) is 0 Å². The molecule has 0 aliphatic carbocycles. The fourth-order valence-corrected chi connectivity index (χ4v) is 4.70. The maximum Gasteiger partial charge on any atom is 0.234 e. The summed E-state index contributed by atoms with van der Waals surface area (Å²) in [6.45, 7) is 4.89. The van der Waals surface area contributed by atoms with E-state index in [1.807, 2.05) is 24.3 Å². The van der Waals surface area contributed by atoms with Gasteiger partial charge in [-0.3, -0.25) is 9.69 Å². The van der Waals surface area contributed by atoms with Crippen LogP contribution in [0.1, 0.15) is 11.1 Å². The fraction of sp³-hybridized carbons (Fsp3) is 0.318. The first-order valence-corrected chi connectivity index (χ1v) is 12.1. The molecule has 1 saturated heterocycles. The van der Waals surface area contributed by atoms with Crippen molar-refractivity contribution < 1.29 is 13.9 Å². The van der Waals surface area contributed by atoms with Crippen molar-refractivity contribution in [2.45, 2.75) is 17.4 Å². The molecule has 0 bridgehead atoms.